The third-order valence-corrected chi connectivity index (χ3v) is 4.81. The van der Waals surface area contributed by atoms with E-state index < -0.39 is 10.0 Å². The van der Waals surface area contributed by atoms with E-state index in [0.29, 0.717) is 18.5 Å². The number of rotatable bonds is 5. The Morgan fingerprint density at radius 3 is 2.52 bits per heavy atom. The molecule has 1 aromatic carbocycles. The SMILES string of the molecule is C[C@H]1C[C@@H](CCC(=O)NC(=S)Nc2ccc(S(N)(=O)=O)cc2)C(=O)O1. The highest BCUT2D eigenvalue weighted by Gasteiger charge is 2.31. The van der Waals surface area contributed by atoms with Gasteiger partial charge in [0.1, 0.15) is 0 Å². The fourth-order valence-electron chi connectivity index (χ4n) is 2.46. The molecule has 10 heteroatoms. The molecule has 0 aliphatic carbocycles. The number of sulfonamides is 1. The molecule has 0 unspecified atom stereocenters. The van der Waals surface area contributed by atoms with Gasteiger partial charge in [-0.15, -0.1) is 0 Å². The maximum Gasteiger partial charge on any atom is 0.309 e. The summed E-state index contributed by atoms with van der Waals surface area (Å²) in [6.45, 7) is 1.82. The molecule has 25 heavy (non-hydrogen) atoms. The number of hydrogen-bond donors (Lipinski definition) is 3. The number of carbonyl (C=O) groups excluding carboxylic acids is 2. The first kappa shape index (κ1) is 19.3. The van der Waals surface area contributed by atoms with Gasteiger partial charge in [-0.3, -0.25) is 9.59 Å². The normalized spacial score (nSPS) is 20.0. The number of thiocarbonyl (C=S) groups is 1. The summed E-state index contributed by atoms with van der Waals surface area (Å²) in [6.07, 6.45) is 1.06. The minimum atomic E-state index is -3.76. The van der Waals surface area contributed by atoms with Crippen LogP contribution in [0, 0.1) is 5.92 Å². The third kappa shape index (κ3) is 5.76. The molecule has 0 bridgehead atoms. The van der Waals surface area contributed by atoms with Crippen molar-refractivity contribution >= 4 is 44.9 Å². The summed E-state index contributed by atoms with van der Waals surface area (Å²) in [7, 11) is -3.76. The van der Waals surface area contributed by atoms with E-state index in [-0.39, 0.29) is 40.3 Å². The van der Waals surface area contributed by atoms with Crippen LogP contribution >= 0.6 is 12.2 Å². The van der Waals surface area contributed by atoms with Gasteiger partial charge in [-0.25, -0.2) is 13.6 Å². The molecular weight excluding hydrogens is 366 g/mol. The van der Waals surface area contributed by atoms with E-state index in [1.807, 2.05) is 6.92 Å². The van der Waals surface area contributed by atoms with Gasteiger partial charge < -0.3 is 15.4 Å². The molecule has 2 atom stereocenters. The largest absolute Gasteiger partial charge is 0.462 e. The van der Waals surface area contributed by atoms with Crippen molar-refractivity contribution in [3.05, 3.63) is 24.3 Å². The van der Waals surface area contributed by atoms with E-state index >= 15 is 0 Å². The molecule has 0 radical (unpaired) electrons. The standard InChI is InChI=1S/C15H19N3O5S2/c1-9-8-10(14(20)23-9)2-7-13(19)18-15(24)17-11-3-5-12(6-4-11)25(16,21)22/h3-6,9-10H,2,7-8H2,1H3,(H2,16,21,22)(H2,17,18,19,24)/t9-,10+/m0/s1. The Balaban J connectivity index is 1.79. The summed E-state index contributed by atoms with van der Waals surface area (Å²) in [5.74, 6) is -0.838. The van der Waals surface area contributed by atoms with Gasteiger partial charge in [-0.05, 0) is 56.2 Å². The smallest absolute Gasteiger partial charge is 0.309 e. The quantitative estimate of drug-likeness (QED) is 0.507. The zero-order chi connectivity index (χ0) is 18.6. The average Bonchev–Trinajstić information content (AvgIpc) is 2.82. The number of anilines is 1. The number of cyclic esters (lactones) is 1. The lowest BCUT2D eigenvalue weighted by molar-refractivity contribution is -0.143. The van der Waals surface area contributed by atoms with Gasteiger partial charge in [0.05, 0.1) is 16.9 Å². The van der Waals surface area contributed by atoms with Gasteiger partial charge >= 0.3 is 5.97 Å². The zero-order valence-corrected chi connectivity index (χ0v) is 15.2. The van der Waals surface area contributed by atoms with E-state index in [1.54, 1.807) is 0 Å². The van der Waals surface area contributed by atoms with Crippen molar-refractivity contribution in [2.75, 3.05) is 5.32 Å². The number of amides is 1. The van der Waals surface area contributed by atoms with Crippen LogP contribution in [-0.4, -0.2) is 31.5 Å². The Hall–Kier alpha value is -2.04. The maximum absolute atomic E-state index is 11.9. The van der Waals surface area contributed by atoms with Crippen LogP contribution in [0.15, 0.2) is 29.2 Å². The monoisotopic (exact) mass is 385 g/mol. The molecule has 1 saturated heterocycles. The van der Waals surface area contributed by atoms with Crippen LogP contribution in [-0.2, 0) is 24.3 Å². The summed E-state index contributed by atoms with van der Waals surface area (Å²) in [6, 6.07) is 5.62. The minimum Gasteiger partial charge on any atom is -0.462 e. The zero-order valence-electron chi connectivity index (χ0n) is 13.5. The van der Waals surface area contributed by atoms with Crippen molar-refractivity contribution in [3.8, 4) is 0 Å². The van der Waals surface area contributed by atoms with Gasteiger partial charge in [0.15, 0.2) is 5.11 Å². The Bertz CT molecular complexity index is 777. The Morgan fingerprint density at radius 2 is 2.00 bits per heavy atom. The number of benzene rings is 1. The van der Waals surface area contributed by atoms with Crippen LogP contribution in [0.25, 0.3) is 0 Å². The van der Waals surface area contributed by atoms with Crippen molar-refractivity contribution in [2.24, 2.45) is 11.1 Å². The molecule has 1 aliphatic heterocycles. The molecule has 0 aromatic heterocycles. The Kier molecular flexibility index (Phi) is 6.09. The number of carbonyl (C=O) groups is 2. The molecule has 1 heterocycles. The highest BCUT2D eigenvalue weighted by Crippen LogP contribution is 2.24. The number of ether oxygens (including phenoxy) is 1. The van der Waals surface area contributed by atoms with Crippen LogP contribution in [0.2, 0.25) is 0 Å². The van der Waals surface area contributed by atoms with E-state index in [0.717, 1.165) is 0 Å². The predicted octanol–water partition coefficient (Wildman–Crippen LogP) is 0.879. The fourth-order valence-corrected chi connectivity index (χ4v) is 3.21. The highest BCUT2D eigenvalue weighted by molar-refractivity contribution is 7.89. The van der Waals surface area contributed by atoms with E-state index in [2.05, 4.69) is 10.6 Å². The van der Waals surface area contributed by atoms with Crippen LogP contribution in [0.5, 0.6) is 0 Å². The summed E-state index contributed by atoms with van der Waals surface area (Å²) in [4.78, 5) is 23.4. The summed E-state index contributed by atoms with van der Waals surface area (Å²) < 4.78 is 27.4. The van der Waals surface area contributed by atoms with Crippen LogP contribution in [0.4, 0.5) is 5.69 Å². The van der Waals surface area contributed by atoms with Crippen LogP contribution in [0.1, 0.15) is 26.2 Å². The molecule has 0 spiro atoms. The van der Waals surface area contributed by atoms with Gasteiger partial charge in [0.2, 0.25) is 15.9 Å². The second kappa shape index (κ2) is 7.89. The molecule has 136 valence electrons. The second-order valence-electron chi connectivity index (χ2n) is 5.79. The maximum atomic E-state index is 11.9. The topological polar surface area (TPSA) is 128 Å². The molecule has 8 nitrogen and oxygen atoms in total. The van der Waals surface area contributed by atoms with Crippen LogP contribution < -0.4 is 15.8 Å². The Labute approximate surface area is 151 Å². The van der Waals surface area contributed by atoms with Gasteiger partial charge in [-0.2, -0.15) is 0 Å². The highest BCUT2D eigenvalue weighted by atomic mass is 32.2. The van der Waals surface area contributed by atoms with Crippen molar-refractivity contribution in [1.82, 2.24) is 5.32 Å². The van der Waals surface area contributed by atoms with E-state index in [4.69, 9.17) is 22.1 Å². The first-order chi connectivity index (χ1) is 11.6. The molecule has 2 rings (SSSR count). The lowest BCUT2D eigenvalue weighted by Crippen LogP contribution is -2.34. The van der Waals surface area contributed by atoms with Crippen molar-refractivity contribution in [1.29, 1.82) is 0 Å². The van der Waals surface area contributed by atoms with Gasteiger partial charge in [-0.1, -0.05) is 0 Å². The molecular formula is C15H19N3O5S2. The van der Waals surface area contributed by atoms with Gasteiger partial charge in [0.25, 0.3) is 0 Å². The van der Waals surface area contributed by atoms with E-state index in [9.17, 15) is 18.0 Å². The number of hydrogen-bond acceptors (Lipinski definition) is 6. The molecule has 1 aromatic rings. The second-order valence-corrected chi connectivity index (χ2v) is 7.76. The molecule has 1 fully saturated rings. The number of esters is 1. The molecule has 4 N–H and O–H groups in total. The number of nitrogens with one attached hydrogen (secondary N) is 2. The fraction of sp³-hybridized carbons (Fsp3) is 0.400. The van der Waals surface area contributed by atoms with Crippen molar-refractivity contribution in [3.63, 3.8) is 0 Å². The average molecular weight is 385 g/mol. The minimum absolute atomic E-state index is 0.0225. The third-order valence-electron chi connectivity index (χ3n) is 3.68. The number of primary sulfonamides is 1. The molecule has 1 amide bonds. The first-order valence-electron chi connectivity index (χ1n) is 7.59. The van der Waals surface area contributed by atoms with Crippen LogP contribution in [0.3, 0.4) is 0 Å². The van der Waals surface area contributed by atoms with Crippen molar-refractivity contribution < 1.29 is 22.7 Å². The first-order valence-corrected chi connectivity index (χ1v) is 9.55. The number of nitrogens with two attached hydrogens (primary N) is 1. The predicted molar refractivity (Wildman–Crippen MR) is 95.1 cm³/mol. The Morgan fingerprint density at radius 1 is 1.36 bits per heavy atom. The summed E-state index contributed by atoms with van der Waals surface area (Å²) in [5, 5.41) is 10.4. The lowest BCUT2D eigenvalue weighted by Gasteiger charge is -2.10. The molecule has 1 aliphatic rings. The van der Waals surface area contributed by atoms with E-state index in [1.165, 1.54) is 24.3 Å². The summed E-state index contributed by atoms with van der Waals surface area (Å²) in [5.41, 5.74) is 0.505. The van der Waals surface area contributed by atoms with Crippen molar-refractivity contribution in [2.45, 2.75) is 37.2 Å². The molecule has 0 saturated carbocycles. The lowest BCUT2D eigenvalue weighted by atomic mass is 9.99. The van der Waals surface area contributed by atoms with Gasteiger partial charge in [0, 0.05) is 12.1 Å². The summed E-state index contributed by atoms with van der Waals surface area (Å²) >= 11 is 5.03.